The summed E-state index contributed by atoms with van der Waals surface area (Å²) in [7, 11) is -3.71. The third kappa shape index (κ3) is 9.08. The van der Waals surface area contributed by atoms with Gasteiger partial charge in [0.25, 0.3) is 0 Å². The zero-order chi connectivity index (χ0) is 10.3. The van der Waals surface area contributed by atoms with E-state index in [1.807, 2.05) is 0 Å². The maximum absolute atomic E-state index is 11.0. The van der Waals surface area contributed by atoms with Gasteiger partial charge in [0.2, 0.25) is 0 Å². The SMILES string of the molecule is CC=CC(=O)OS(=O)(=O)CCCS.[H-].[Na+]. The molecular formula is C7H13NaO4S2. The number of rotatable bonds is 5. The first-order valence-corrected chi connectivity index (χ1v) is 5.92. The van der Waals surface area contributed by atoms with Crippen LogP contribution in [0.15, 0.2) is 12.2 Å². The Morgan fingerprint density at radius 2 is 2.14 bits per heavy atom. The minimum Gasteiger partial charge on any atom is -1.00 e. The van der Waals surface area contributed by atoms with Crippen LogP contribution < -0.4 is 29.6 Å². The van der Waals surface area contributed by atoms with Crippen LogP contribution in [0, 0.1) is 0 Å². The second-order valence-electron chi connectivity index (χ2n) is 2.24. The fraction of sp³-hybridized carbons (Fsp3) is 0.571. The van der Waals surface area contributed by atoms with Crippen molar-refractivity contribution in [3.05, 3.63) is 12.2 Å². The summed E-state index contributed by atoms with van der Waals surface area (Å²) in [6.07, 6.45) is 2.84. The maximum Gasteiger partial charge on any atom is 1.00 e. The third-order valence-corrected chi connectivity index (χ3v) is 2.59. The monoisotopic (exact) mass is 248 g/mol. The Morgan fingerprint density at radius 1 is 1.57 bits per heavy atom. The predicted molar refractivity (Wildman–Crippen MR) is 54.3 cm³/mol. The standard InChI is InChI=1S/C7H12O4S2.Na.H/c1-2-4-7(8)11-13(9,10)6-3-5-12;;/h2,4,12H,3,5-6H2,1H3;;/q;+1;-1. The molecule has 0 fully saturated rings. The van der Waals surface area contributed by atoms with E-state index in [9.17, 15) is 13.2 Å². The van der Waals surface area contributed by atoms with Crippen LogP contribution in [0.4, 0.5) is 0 Å². The van der Waals surface area contributed by atoms with Gasteiger partial charge in [0.05, 0.1) is 5.75 Å². The summed E-state index contributed by atoms with van der Waals surface area (Å²) in [6, 6.07) is 0. The fourth-order valence-corrected chi connectivity index (χ4v) is 1.83. The van der Waals surface area contributed by atoms with Crippen molar-refractivity contribution in [1.29, 1.82) is 0 Å². The molecule has 0 unspecified atom stereocenters. The average Bonchev–Trinajstić information content (AvgIpc) is 2.00. The Balaban J connectivity index is -0.000000720. The van der Waals surface area contributed by atoms with Crippen LogP contribution in [-0.4, -0.2) is 25.9 Å². The van der Waals surface area contributed by atoms with Gasteiger partial charge in [-0.15, -0.1) is 0 Å². The molecular weight excluding hydrogens is 235 g/mol. The molecule has 0 bridgehead atoms. The Morgan fingerprint density at radius 3 is 2.57 bits per heavy atom. The van der Waals surface area contributed by atoms with Crippen molar-refractivity contribution in [1.82, 2.24) is 0 Å². The number of hydrogen-bond donors (Lipinski definition) is 1. The molecule has 0 heterocycles. The maximum atomic E-state index is 11.0. The van der Waals surface area contributed by atoms with Gasteiger partial charge in [0.15, 0.2) is 0 Å². The number of hydrogen-bond acceptors (Lipinski definition) is 5. The first-order chi connectivity index (χ1) is 6.02. The first kappa shape index (κ1) is 16.9. The van der Waals surface area contributed by atoms with Gasteiger partial charge in [-0.1, -0.05) is 6.08 Å². The summed E-state index contributed by atoms with van der Waals surface area (Å²) >= 11 is 3.85. The summed E-state index contributed by atoms with van der Waals surface area (Å²) in [5.41, 5.74) is 0. The molecule has 0 aliphatic heterocycles. The molecule has 0 saturated heterocycles. The van der Waals surface area contributed by atoms with Crippen LogP contribution in [0.5, 0.6) is 0 Å². The molecule has 0 aliphatic carbocycles. The molecule has 4 nitrogen and oxygen atoms in total. The van der Waals surface area contributed by atoms with Crippen molar-refractivity contribution in [3.8, 4) is 0 Å². The number of allylic oxidation sites excluding steroid dienone is 1. The van der Waals surface area contributed by atoms with Gasteiger partial charge in [0, 0.05) is 6.08 Å². The van der Waals surface area contributed by atoms with Crippen LogP contribution in [0.3, 0.4) is 0 Å². The molecule has 0 rings (SSSR count). The second-order valence-corrected chi connectivity index (χ2v) is 4.38. The van der Waals surface area contributed by atoms with Crippen molar-refractivity contribution in [2.24, 2.45) is 0 Å². The van der Waals surface area contributed by atoms with Gasteiger partial charge in [-0.2, -0.15) is 21.0 Å². The van der Waals surface area contributed by atoms with E-state index in [4.69, 9.17) is 0 Å². The van der Waals surface area contributed by atoms with Gasteiger partial charge >= 0.3 is 45.6 Å². The zero-order valence-corrected chi connectivity index (χ0v) is 12.0. The van der Waals surface area contributed by atoms with Gasteiger partial charge in [-0.3, -0.25) is 0 Å². The van der Waals surface area contributed by atoms with E-state index in [1.165, 1.54) is 6.08 Å². The van der Waals surface area contributed by atoms with Crippen molar-refractivity contribution in [2.45, 2.75) is 13.3 Å². The summed E-state index contributed by atoms with van der Waals surface area (Å²) in [5.74, 6) is -0.595. The van der Waals surface area contributed by atoms with Crippen LogP contribution in [-0.2, 0) is 19.1 Å². The van der Waals surface area contributed by atoms with E-state index in [1.54, 1.807) is 6.92 Å². The van der Waals surface area contributed by atoms with E-state index < -0.39 is 16.1 Å². The quantitative estimate of drug-likeness (QED) is 0.261. The number of carbonyl (C=O) groups excluding carboxylic acids is 1. The van der Waals surface area contributed by atoms with Gasteiger partial charge < -0.3 is 5.61 Å². The van der Waals surface area contributed by atoms with Gasteiger partial charge in [0.1, 0.15) is 0 Å². The molecule has 0 radical (unpaired) electrons. The summed E-state index contributed by atoms with van der Waals surface area (Å²) in [5, 5.41) is 0. The van der Waals surface area contributed by atoms with E-state index in [-0.39, 0.29) is 36.7 Å². The van der Waals surface area contributed by atoms with Gasteiger partial charge in [-0.25, -0.2) is 4.79 Å². The predicted octanol–water partition coefficient (Wildman–Crippen LogP) is -2.13. The Labute approximate surface area is 113 Å². The van der Waals surface area contributed by atoms with Crippen molar-refractivity contribution in [3.63, 3.8) is 0 Å². The average molecular weight is 248 g/mol. The third-order valence-electron chi connectivity index (χ3n) is 1.06. The summed E-state index contributed by atoms with van der Waals surface area (Å²) in [6.45, 7) is 1.60. The Bertz CT molecular complexity index is 289. The fourth-order valence-electron chi connectivity index (χ4n) is 0.572. The largest absolute Gasteiger partial charge is 1.00 e. The van der Waals surface area contributed by atoms with E-state index in [0.717, 1.165) is 6.08 Å². The molecule has 0 amide bonds. The smallest absolute Gasteiger partial charge is 1.00 e. The summed E-state index contributed by atoms with van der Waals surface area (Å²) in [4.78, 5) is 10.7. The number of thiol groups is 1. The Kier molecular flexibility index (Phi) is 10.6. The van der Waals surface area contributed by atoms with Crippen molar-refractivity contribution in [2.75, 3.05) is 11.5 Å². The summed E-state index contributed by atoms with van der Waals surface area (Å²) < 4.78 is 26.1. The molecule has 78 valence electrons. The van der Waals surface area contributed by atoms with E-state index >= 15 is 0 Å². The molecule has 0 spiro atoms. The zero-order valence-electron chi connectivity index (χ0n) is 9.26. The minimum atomic E-state index is -3.71. The van der Waals surface area contributed by atoms with Gasteiger partial charge in [-0.05, 0) is 19.1 Å². The molecule has 7 heteroatoms. The molecule has 0 aromatic heterocycles. The molecule has 0 aromatic rings. The minimum absolute atomic E-state index is 0. The first-order valence-electron chi connectivity index (χ1n) is 3.71. The molecule has 0 N–H and O–H groups in total. The van der Waals surface area contributed by atoms with Crippen molar-refractivity contribution < 1.29 is 48.4 Å². The van der Waals surface area contributed by atoms with E-state index in [2.05, 4.69) is 16.8 Å². The molecule has 0 aliphatic rings. The Hall–Kier alpha value is 0.510. The van der Waals surface area contributed by atoms with Crippen LogP contribution in [0.2, 0.25) is 0 Å². The molecule has 0 atom stereocenters. The second kappa shape index (κ2) is 8.79. The molecule has 14 heavy (non-hydrogen) atoms. The van der Waals surface area contributed by atoms with Crippen LogP contribution in [0.1, 0.15) is 14.8 Å². The molecule has 0 aromatic carbocycles. The van der Waals surface area contributed by atoms with Crippen molar-refractivity contribution >= 4 is 28.7 Å². The topological polar surface area (TPSA) is 60.4 Å². The van der Waals surface area contributed by atoms with Crippen LogP contribution >= 0.6 is 12.6 Å². The normalized spacial score (nSPS) is 11.0. The van der Waals surface area contributed by atoms with Crippen LogP contribution in [0.25, 0.3) is 0 Å². The van der Waals surface area contributed by atoms with E-state index in [0.29, 0.717) is 12.2 Å². The molecule has 0 saturated carbocycles. The number of carbonyl (C=O) groups is 1.